The Hall–Kier alpha value is -2.09. The van der Waals surface area contributed by atoms with E-state index in [1.165, 1.54) is 5.69 Å². The van der Waals surface area contributed by atoms with Crippen molar-refractivity contribution in [2.45, 2.75) is 25.2 Å². The molecule has 1 saturated heterocycles. The zero-order chi connectivity index (χ0) is 20.1. The number of morpholine rings is 1. The van der Waals surface area contributed by atoms with Crippen LogP contribution in [0.25, 0.3) is 0 Å². The molecule has 3 rings (SSSR count). The number of hydrogen-bond acceptors (Lipinski definition) is 5. The largest absolute Gasteiger partial charge is 0.496 e. The van der Waals surface area contributed by atoms with E-state index in [1.807, 2.05) is 13.8 Å². The molecule has 152 valence electrons. The fourth-order valence-electron chi connectivity index (χ4n) is 3.50. The number of nitrogens with zero attached hydrogens (tertiary/aromatic N) is 1. The maximum atomic E-state index is 12.6. The van der Waals surface area contributed by atoms with Crippen LogP contribution in [-0.2, 0) is 21.2 Å². The Balaban J connectivity index is 1.59. The summed E-state index contributed by atoms with van der Waals surface area (Å²) in [4.78, 5) is 2.57. The van der Waals surface area contributed by atoms with E-state index < -0.39 is 10.0 Å². The maximum absolute atomic E-state index is 12.6. The Labute approximate surface area is 167 Å². The highest BCUT2D eigenvalue weighted by atomic mass is 32.2. The van der Waals surface area contributed by atoms with Crippen LogP contribution < -0.4 is 14.4 Å². The molecule has 1 N–H and O–H groups in total. The minimum Gasteiger partial charge on any atom is -0.496 e. The molecule has 0 spiro atoms. The van der Waals surface area contributed by atoms with Crippen LogP contribution in [0.3, 0.4) is 0 Å². The first-order valence-corrected chi connectivity index (χ1v) is 11.0. The average Bonchev–Trinajstić information content (AvgIpc) is 2.69. The Morgan fingerprint density at radius 1 is 1.07 bits per heavy atom. The van der Waals surface area contributed by atoms with E-state index in [0.717, 1.165) is 48.7 Å². The second-order valence-corrected chi connectivity index (χ2v) is 8.77. The van der Waals surface area contributed by atoms with Gasteiger partial charge in [-0.3, -0.25) is 0 Å². The lowest BCUT2D eigenvalue weighted by Crippen LogP contribution is -2.36. The number of aryl methyl sites for hydroxylation is 2. The third kappa shape index (κ3) is 4.84. The van der Waals surface area contributed by atoms with Gasteiger partial charge in [-0.15, -0.1) is 0 Å². The third-order valence-electron chi connectivity index (χ3n) is 4.97. The minimum atomic E-state index is -3.55. The van der Waals surface area contributed by atoms with Gasteiger partial charge in [-0.25, -0.2) is 13.1 Å². The van der Waals surface area contributed by atoms with Crippen LogP contribution in [0.4, 0.5) is 5.69 Å². The molecule has 7 heteroatoms. The molecule has 1 heterocycles. The Morgan fingerprint density at radius 2 is 1.68 bits per heavy atom. The van der Waals surface area contributed by atoms with Crippen LogP contribution in [-0.4, -0.2) is 48.4 Å². The van der Waals surface area contributed by atoms with Crippen molar-refractivity contribution in [3.8, 4) is 5.75 Å². The highest BCUT2D eigenvalue weighted by Crippen LogP contribution is 2.26. The number of rotatable bonds is 7. The quantitative estimate of drug-likeness (QED) is 0.768. The summed E-state index contributed by atoms with van der Waals surface area (Å²) in [6, 6.07) is 11.6. The van der Waals surface area contributed by atoms with Crippen LogP contribution in [0, 0.1) is 13.8 Å². The van der Waals surface area contributed by atoms with Crippen LogP contribution >= 0.6 is 0 Å². The van der Waals surface area contributed by atoms with E-state index in [0.29, 0.717) is 13.0 Å². The molecule has 0 unspecified atom stereocenters. The van der Waals surface area contributed by atoms with E-state index in [9.17, 15) is 8.42 Å². The number of sulfonamides is 1. The lowest BCUT2D eigenvalue weighted by atomic mass is 10.1. The van der Waals surface area contributed by atoms with Gasteiger partial charge in [0.25, 0.3) is 0 Å². The number of ether oxygens (including phenoxy) is 2. The molecule has 0 bridgehead atoms. The van der Waals surface area contributed by atoms with Crippen LogP contribution in [0.1, 0.15) is 16.7 Å². The maximum Gasteiger partial charge on any atom is 0.240 e. The van der Waals surface area contributed by atoms with Crippen molar-refractivity contribution in [1.29, 1.82) is 0 Å². The fraction of sp³-hybridized carbons (Fsp3) is 0.429. The molecule has 1 aliphatic heterocycles. The summed E-state index contributed by atoms with van der Waals surface area (Å²) in [6.45, 7) is 7.37. The Bertz CT molecular complexity index is 881. The molecule has 2 aromatic rings. The predicted octanol–water partition coefficient (Wildman–Crippen LogP) is 2.67. The third-order valence-corrected chi connectivity index (χ3v) is 6.41. The summed E-state index contributed by atoms with van der Waals surface area (Å²) < 4.78 is 38.6. The van der Waals surface area contributed by atoms with Crippen molar-refractivity contribution in [1.82, 2.24) is 4.72 Å². The number of anilines is 1. The van der Waals surface area contributed by atoms with E-state index in [1.54, 1.807) is 19.2 Å². The van der Waals surface area contributed by atoms with Gasteiger partial charge in [0.2, 0.25) is 10.0 Å². The zero-order valence-corrected chi connectivity index (χ0v) is 17.5. The molecule has 1 fully saturated rings. The highest BCUT2D eigenvalue weighted by molar-refractivity contribution is 7.89. The highest BCUT2D eigenvalue weighted by Gasteiger charge is 2.17. The van der Waals surface area contributed by atoms with Crippen LogP contribution in [0.2, 0.25) is 0 Å². The zero-order valence-electron chi connectivity index (χ0n) is 16.7. The first-order chi connectivity index (χ1) is 13.4. The Kier molecular flexibility index (Phi) is 6.59. The molecule has 0 aliphatic carbocycles. The van der Waals surface area contributed by atoms with Crippen molar-refractivity contribution >= 4 is 15.7 Å². The molecule has 0 aromatic heterocycles. The van der Waals surface area contributed by atoms with Gasteiger partial charge in [0.15, 0.2) is 0 Å². The number of nitrogens with one attached hydrogen (secondary N) is 1. The smallest absolute Gasteiger partial charge is 0.240 e. The van der Waals surface area contributed by atoms with Gasteiger partial charge < -0.3 is 14.4 Å². The van der Waals surface area contributed by atoms with Crippen molar-refractivity contribution in [2.24, 2.45) is 0 Å². The molecular weight excluding hydrogens is 376 g/mol. The van der Waals surface area contributed by atoms with Crippen LogP contribution in [0.5, 0.6) is 5.75 Å². The monoisotopic (exact) mass is 404 g/mol. The van der Waals surface area contributed by atoms with E-state index in [4.69, 9.17) is 9.47 Å². The molecular formula is C21H28N2O4S. The second-order valence-electron chi connectivity index (χ2n) is 7.00. The summed E-state index contributed by atoms with van der Waals surface area (Å²) in [5.41, 5.74) is 3.89. The molecule has 1 aliphatic rings. The van der Waals surface area contributed by atoms with Gasteiger partial charge in [-0.2, -0.15) is 0 Å². The first kappa shape index (κ1) is 20.6. The molecule has 0 atom stereocenters. The Morgan fingerprint density at radius 3 is 2.25 bits per heavy atom. The molecule has 0 radical (unpaired) electrons. The van der Waals surface area contributed by atoms with Crippen molar-refractivity contribution < 1.29 is 17.9 Å². The molecule has 0 amide bonds. The minimum absolute atomic E-state index is 0.269. The van der Waals surface area contributed by atoms with E-state index >= 15 is 0 Å². The van der Waals surface area contributed by atoms with Gasteiger partial charge >= 0.3 is 0 Å². The summed E-state index contributed by atoms with van der Waals surface area (Å²) in [5.74, 6) is 0.722. The average molecular weight is 405 g/mol. The van der Waals surface area contributed by atoms with Gasteiger partial charge in [-0.05, 0) is 61.2 Å². The van der Waals surface area contributed by atoms with E-state index in [2.05, 4.69) is 33.9 Å². The number of benzene rings is 2. The molecule has 2 aromatic carbocycles. The van der Waals surface area contributed by atoms with Crippen molar-refractivity contribution in [2.75, 3.05) is 44.9 Å². The summed E-state index contributed by atoms with van der Waals surface area (Å²) in [7, 11) is -1.96. The topological polar surface area (TPSA) is 67.9 Å². The fourth-order valence-corrected chi connectivity index (χ4v) is 4.70. The number of methoxy groups -OCH3 is 1. The summed E-state index contributed by atoms with van der Waals surface area (Å²) >= 11 is 0. The summed E-state index contributed by atoms with van der Waals surface area (Å²) in [5, 5.41) is 0. The SMILES string of the molecule is COc1c(C)cc(S(=O)(=O)NCCc2ccc(N3CCOCC3)cc2)cc1C. The molecule has 6 nitrogen and oxygen atoms in total. The molecule has 28 heavy (non-hydrogen) atoms. The van der Waals surface area contributed by atoms with Crippen molar-refractivity contribution in [3.05, 3.63) is 53.1 Å². The van der Waals surface area contributed by atoms with Gasteiger partial charge in [0.05, 0.1) is 25.2 Å². The lowest BCUT2D eigenvalue weighted by molar-refractivity contribution is 0.122. The van der Waals surface area contributed by atoms with Gasteiger partial charge in [0.1, 0.15) is 5.75 Å². The predicted molar refractivity (Wildman–Crippen MR) is 111 cm³/mol. The van der Waals surface area contributed by atoms with E-state index in [-0.39, 0.29) is 4.90 Å². The lowest BCUT2D eigenvalue weighted by Gasteiger charge is -2.28. The normalized spacial score (nSPS) is 14.9. The first-order valence-electron chi connectivity index (χ1n) is 9.47. The molecule has 0 saturated carbocycles. The van der Waals surface area contributed by atoms with Gasteiger partial charge in [0, 0.05) is 25.3 Å². The van der Waals surface area contributed by atoms with Crippen LogP contribution in [0.15, 0.2) is 41.3 Å². The van der Waals surface area contributed by atoms with Crippen molar-refractivity contribution in [3.63, 3.8) is 0 Å². The summed E-state index contributed by atoms with van der Waals surface area (Å²) in [6.07, 6.45) is 0.636. The van der Waals surface area contributed by atoms with Gasteiger partial charge in [-0.1, -0.05) is 12.1 Å². The second kappa shape index (κ2) is 8.94. The standard InChI is InChI=1S/C21H28N2O4S/c1-16-14-20(15-17(2)21(16)26-3)28(24,25)22-9-8-18-4-6-19(7-5-18)23-10-12-27-13-11-23/h4-7,14-15,22H,8-13H2,1-3H3. The number of hydrogen-bond donors (Lipinski definition) is 1.